The molecule has 0 atom stereocenters. The van der Waals surface area contributed by atoms with E-state index in [-0.39, 0.29) is 5.78 Å². The van der Waals surface area contributed by atoms with Gasteiger partial charge in [-0.3, -0.25) is 4.79 Å². The van der Waals surface area contributed by atoms with E-state index in [0.29, 0.717) is 5.75 Å². The van der Waals surface area contributed by atoms with Crippen LogP contribution < -0.4 is 0 Å². The molecule has 0 unspecified atom stereocenters. The largest absolute Gasteiger partial charge is 0.468 e. The fraction of sp³-hybridized carbons (Fsp3) is 0.154. The molecule has 0 aliphatic rings. The Morgan fingerprint density at radius 2 is 2.06 bits per heavy atom. The second-order valence-corrected chi connectivity index (χ2v) is 5.32. The lowest BCUT2D eigenvalue weighted by Crippen LogP contribution is -2.03. The van der Waals surface area contributed by atoms with Crippen molar-refractivity contribution < 1.29 is 9.21 Å². The number of hydrogen-bond donors (Lipinski definition) is 0. The Morgan fingerprint density at radius 1 is 1.24 bits per heavy atom. The zero-order valence-corrected chi connectivity index (χ0v) is 11.5. The molecule has 0 N–H and O–H groups in total. The summed E-state index contributed by atoms with van der Waals surface area (Å²) in [6, 6.07) is 11.2. The summed E-state index contributed by atoms with van der Waals surface area (Å²) in [6.45, 7) is 0. The molecule has 0 saturated carbocycles. The minimum atomic E-state index is 0.133. The monoisotopic (exact) mass is 310 g/mol. The summed E-state index contributed by atoms with van der Waals surface area (Å²) >= 11 is 4.94. The second-order valence-electron chi connectivity index (χ2n) is 3.48. The Balaban J connectivity index is 1.88. The average molecular weight is 311 g/mol. The molecule has 0 saturated heterocycles. The lowest BCUT2D eigenvalue weighted by molar-refractivity contribution is 0.102. The van der Waals surface area contributed by atoms with Crippen molar-refractivity contribution in [2.75, 3.05) is 5.75 Å². The fourth-order valence-corrected chi connectivity index (χ4v) is 2.72. The van der Waals surface area contributed by atoms with Crippen molar-refractivity contribution in [2.45, 2.75) is 5.75 Å². The van der Waals surface area contributed by atoms with Crippen LogP contribution in [0.5, 0.6) is 0 Å². The molecule has 0 spiro atoms. The molecule has 1 heterocycles. The van der Waals surface area contributed by atoms with E-state index in [1.54, 1.807) is 18.0 Å². The maximum absolute atomic E-state index is 11.9. The number of carbonyl (C=O) groups excluding carboxylic acids is 1. The number of furan rings is 1. The Hall–Kier alpha value is -1.000. The van der Waals surface area contributed by atoms with Crippen LogP contribution in [-0.2, 0) is 5.75 Å². The van der Waals surface area contributed by atoms with Crippen LogP contribution in [0.15, 0.2) is 51.6 Å². The topological polar surface area (TPSA) is 30.2 Å². The van der Waals surface area contributed by atoms with Gasteiger partial charge in [0.25, 0.3) is 0 Å². The van der Waals surface area contributed by atoms with E-state index in [1.165, 1.54) is 0 Å². The van der Waals surface area contributed by atoms with Gasteiger partial charge in [0.1, 0.15) is 5.76 Å². The first-order chi connectivity index (χ1) is 8.27. The van der Waals surface area contributed by atoms with Crippen molar-refractivity contribution >= 4 is 33.5 Å². The van der Waals surface area contributed by atoms with E-state index in [9.17, 15) is 4.79 Å². The Bertz CT molecular complexity index is 494. The second kappa shape index (κ2) is 6.07. The van der Waals surface area contributed by atoms with Crippen LogP contribution in [0.3, 0.4) is 0 Å². The number of Topliss-reactive ketones (excluding diaryl/α,β-unsaturated/α-hetero) is 1. The number of hydrogen-bond acceptors (Lipinski definition) is 3. The Labute approximate surface area is 113 Å². The first-order valence-electron chi connectivity index (χ1n) is 5.15. The minimum absolute atomic E-state index is 0.133. The van der Waals surface area contributed by atoms with E-state index >= 15 is 0 Å². The van der Waals surface area contributed by atoms with Crippen molar-refractivity contribution in [1.29, 1.82) is 0 Å². The summed E-state index contributed by atoms with van der Waals surface area (Å²) in [5, 5.41) is 0. The molecule has 2 rings (SSSR count). The number of rotatable bonds is 5. The van der Waals surface area contributed by atoms with Gasteiger partial charge in [0.05, 0.1) is 17.8 Å². The first kappa shape index (κ1) is 12.5. The minimum Gasteiger partial charge on any atom is -0.468 e. The number of ketones is 1. The Morgan fingerprint density at radius 3 is 2.76 bits per heavy atom. The predicted octanol–water partition coefficient (Wildman–Crippen LogP) is 4.16. The van der Waals surface area contributed by atoms with Gasteiger partial charge in [0.15, 0.2) is 5.78 Å². The molecule has 0 aliphatic heterocycles. The van der Waals surface area contributed by atoms with E-state index in [2.05, 4.69) is 15.9 Å². The summed E-state index contributed by atoms with van der Waals surface area (Å²) in [5.74, 6) is 2.22. The van der Waals surface area contributed by atoms with E-state index in [4.69, 9.17) is 4.42 Å². The summed E-state index contributed by atoms with van der Waals surface area (Å²) in [4.78, 5) is 11.9. The van der Waals surface area contributed by atoms with Crippen LogP contribution in [0, 0.1) is 0 Å². The van der Waals surface area contributed by atoms with Crippen LogP contribution >= 0.6 is 27.7 Å². The molecule has 88 valence electrons. The highest BCUT2D eigenvalue weighted by Crippen LogP contribution is 2.19. The molecule has 0 bridgehead atoms. The Kier molecular flexibility index (Phi) is 4.45. The average Bonchev–Trinajstić information content (AvgIpc) is 2.82. The van der Waals surface area contributed by atoms with Crippen molar-refractivity contribution in [3.05, 3.63) is 58.5 Å². The van der Waals surface area contributed by atoms with Crippen molar-refractivity contribution in [2.24, 2.45) is 0 Å². The molecule has 0 amide bonds. The van der Waals surface area contributed by atoms with Crippen LogP contribution in [0.1, 0.15) is 16.1 Å². The van der Waals surface area contributed by atoms with Gasteiger partial charge >= 0.3 is 0 Å². The maximum atomic E-state index is 11.9. The lowest BCUT2D eigenvalue weighted by Gasteiger charge is -2.02. The molecule has 17 heavy (non-hydrogen) atoms. The zero-order valence-electron chi connectivity index (χ0n) is 9.06. The van der Waals surface area contributed by atoms with Gasteiger partial charge in [-0.05, 0) is 18.2 Å². The highest BCUT2D eigenvalue weighted by molar-refractivity contribution is 9.10. The van der Waals surface area contributed by atoms with E-state index in [0.717, 1.165) is 21.5 Å². The number of benzene rings is 1. The molecule has 0 fully saturated rings. The predicted molar refractivity (Wildman–Crippen MR) is 73.3 cm³/mol. The van der Waals surface area contributed by atoms with Gasteiger partial charge in [0, 0.05) is 10.0 Å². The van der Waals surface area contributed by atoms with Gasteiger partial charge in [-0.25, -0.2) is 0 Å². The van der Waals surface area contributed by atoms with Crippen molar-refractivity contribution in [3.8, 4) is 0 Å². The highest BCUT2D eigenvalue weighted by atomic mass is 79.9. The third-order valence-corrected chi connectivity index (χ3v) is 3.88. The quantitative estimate of drug-likeness (QED) is 0.777. The normalized spacial score (nSPS) is 10.4. The fourth-order valence-electron chi connectivity index (χ4n) is 1.40. The summed E-state index contributed by atoms with van der Waals surface area (Å²) in [5.41, 5.74) is 0.736. The van der Waals surface area contributed by atoms with Gasteiger partial charge in [-0.15, -0.1) is 11.8 Å². The SMILES string of the molecule is O=C(CSCc1ccco1)c1ccccc1Br. The van der Waals surface area contributed by atoms with Crippen molar-refractivity contribution in [1.82, 2.24) is 0 Å². The smallest absolute Gasteiger partial charge is 0.173 e. The molecule has 4 heteroatoms. The van der Waals surface area contributed by atoms with Gasteiger partial charge in [-0.2, -0.15) is 0 Å². The molecular formula is C13H11BrO2S. The van der Waals surface area contributed by atoms with Gasteiger partial charge in [-0.1, -0.05) is 34.1 Å². The summed E-state index contributed by atoms with van der Waals surface area (Å²) in [6.07, 6.45) is 1.64. The van der Waals surface area contributed by atoms with Crippen LogP contribution in [0.2, 0.25) is 0 Å². The molecule has 2 nitrogen and oxygen atoms in total. The van der Waals surface area contributed by atoms with Crippen LogP contribution in [-0.4, -0.2) is 11.5 Å². The molecule has 0 radical (unpaired) electrons. The molecule has 1 aromatic heterocycles. The first-order valence-corrected chi connectivity index (χ1v) is 7.10. The number of carbonyl (C=O) groups is 1. The van der Waals surface area contributed by atoms with Crippen LogP contribution in [0.4, 0.5) is 0 Å². The number of halogens is 1. The highest BCUT2D eigenvalue weighted by Gasteiger charge is 2.09. The third kappa shape index (κ3) is 3.48. The lowest BCUT2D eigenvalue weighted by atomic mass is 10.1. The number of thioether (sulfide) groups is 1. The van der Waals surface area contributed by atoms with Crippen LogP contribution in [0.25, 0.3) is 0 Å². The van der Waals surface area contributed by atoms with Gasteiger partial charge in [0.2, 0.25) is 0 Å². The maximum Gasteiger partial charge on any atom is 0.173 e. The van der Waals surface area contributed by atoms with Gasteiger partial charge < -0.3 is 4.42 Å². The third-order valence-electron chi connectivity index (χ3n) is 2.23. The zero-order chi connectivity index (χ0) is 12.1. The molecule has 1 aromatic carbocycles. The van der Waals surface area contributed by atoms with E-state index in [1.807, 2.05) is 36.4 Å². The van der Waals surface area contributed by atoms with E-state index < -0.39 is 0 Å². The molecular weight excluding hydrogens is 300 g/mol. The van der Waals surface area contributed by atoms with Crippen molar-refractivity contribution in [3.63, 3.8) is 0 Å². The molecule has 2 aromatic rings. The summed E-state index contributed by atoms with van der Waals surface area (Å²) in [7, 11) is 0. The standard InChI is InChI=1S/C13H11BrO2S/c14-12-6-2-1-5-11(12)13(15)9-17-8-10-4-3-7-16-10/h1-7H,8-9H2. The summed E-state index contributed by atoms with van der Waals surface area (Å²) < 4.78 is 6.05. The molecule has 0 aliphatic carbocycles.